The summed E-state index contributed by atoms with van der Waals surface area (Å²) in [6.07, 6.45) is 0. The topological polar surface area (TPSA) is 0 Å². The molecule has 0 saturated carbocycles. The van der Waals surface area contributed by atoms with E-state index in [9.17, 15) is 0 Å². The average Bonchev–Trinajstić information content (AvgIpc) is 2.38. The Bertz CT molecular complexity index is 399. The number of hydrogen-bond donors (Lipinski definition) is 0. The van der Waals surface area contributed by atoms with Crippen molar-refractivity contribution in [3.63, 3.8) is 0 Å². The van der Waals surface area contributed by atoms with Crippen LogP contribution < -0.4 is 10.6 Å². The van der Waals surface area contributed by atoms with Crippen molar-refractivity contribution in [3.8, 4) is 0 Å². The van der Waals surface area contributed by atoms with E-state index in [1.54, 1.807) is 0 Å². The van der Waals surface area contributed by atoms with E-state index in [0.29, 0.717) is 5.82 Å². The van der Waals surface area contributed by atoms with Crippen LogP contribution in [0.1, 0.15) is 13.8 Å². The smallest absolute Gasteiger partial charge is 0.0868 e. The lowest BCUT2D eigenvalue weighted by atomic mass is 9.90. The van der Waals surface area contributed by atoms with Gasteiger partial charge in [-0.05, 0) is 10.6 Å². The van der Waals surface area contributed by atoms with Crippen LogP contribution in [-0.4, -0.2) is 7.00 Å². The summed E-state index contributed by atoms with van der Waals surface area (Å²) in [6.45, 7) is 6.97. The van der Waals surface area contributed by atoms with Crippen LogP contribution in [0.5, 0.6) is 0 Å². The summed E-state index contributed by atoms with van der Waals surface area (Å²) in [5.74, 6) is 0.613. The molecule has 85 valence electrons. The van der Waals surface area contributed by atoms with Crippen molar-refractivity contribution in [2.75, 3.05) is 0 Å². The highest BCUT2D eigenvalue weighted by atomic mass is 31.1. The van der Waals surface area contributed by atoms with Gasteiger partial charge in [0.15, 0.2) is 7.00 Å². The van der Waals surface area contributed by atoms with E-state index in [1.165, 1.54) is 10.6 Å². The van der Waals surface area contributed by atoms with Crippen molar-refractivity contribution in [2.45, 2.75) is 19.7 Å². The second-order valence-corrected chi connectivity index (χ2v) is 6.51. The Labute approximate surface area is 106 Å². The molecule has 0 aliphatic heterocycles. The molecular weight excluding hydrogens is 222 g/mol. The van der Waals surface area contributed by atoms with Gasteiger partial charge in [-0.15, -0.1) is 0 Å². The summed E-state index contributed by atoms with van der Waals surface area (Å²) in [7, 11) is -0.315. The molecule has 0 amide bonds. The van der Waals surface area contributed by atoms with Crippen molar-refractivity contribution in [1.29, 1.82) is 0 Å². The van der Waals surface area contributed by atoms with E-state index in [4.69, 9.17) is 0 Å². The third-order valence-corrected chi connectivity index (χ3v) is 5.12. The molecular formula is C15H17BP. The summed E-state index contributed by atoms with van der Waals surface area (Å²) in [5.41, 5.74) is 0. The summed E-state index contributed by atoms with van der Waals surface area (Å²) in [4.78, 5) is 0. The lowest BCUT2D eigenvalue weighted by Crippen LogP contribution is -2.16. The molecule has 0 atom stereocenters. The second kappa shape index (κ2) is 6.03. The predicted octanol–water partition coefficient (Wildman–Crippen LogP) is 3.57. The van der Waals surface area contributed by atoms with E-state index in [0.717, 1.165) is 0 Å². The maximum Gasteiger partial charge on any atom is 0.161 e. The molecule has 17 heavy (non-hydrogen) atoms. The zero-order chi connectivity index (χ0) is 12.1. The summed E-state index contributed by atoms with van der Waals surface area (Å²) >= 11 is 0. The maximum absolute atomic E-state index is 2.47. The molecule has 0 bridgehead atoms. The van der Waals surface area contributed by atoms with E-state index < -0.39 is 0 Å². The fourth-order valence-corrected chi connectivity index (χ4v) is 4.02. The first-order chi connectivity index (χ1) is 8.27. The molecule has 2 heteroatoms. The van der Waals surface area contributed by atoms with E-state index in [2.05, 4.69) is 81.5 Å². The average molecular weight is 239 g/mol. The Morgan fingerprint density at radius 2 is 1.18 bits per heavy atom. The molecule has 0 nitrogen and oxygen atoms in total. The highest BCUT2D eigenvalue weighted by Gasteiger charge is 2.15. The quantitative estimate of drug-likeness (QED) is 0.565. The molecule has 0 fully saturated rings. The third-order valence-electron chi connectivity index (χ3n) is 2.52. The Hall–Kier alpha value is -1.07. The van der Waals surface area contributed by atoms with Crippen LogP contribution >= 0.6 is 7.80 Å². The largest absolute Gasteiger partial charge is 0.161 e. The van der Waals surface area contributed by atoms with Gasteiger partial charge in [0.25, 0.3) is 0 Å². The lowest BCUT2D eigenvalue weighted by molar-refractivity contribution is 1.07. The SMILES string of the molecule is CC(C)[B]P(c1ccccc1)c1ccccc1. The lowest BCUT2D eigenvalue weighted by Gasteiger charge is -2.19. The van der Waals surface area contributed by atoms with Crippen LogP contribution in [0, 0.1) is 0 Å². The molecule has 2 aromatic carbocycles. The van der Waals surface area contributed by atoms with Crippen molar-refractivity contribution in [3.05, 3.63) is 60.7 Å². The molecule has 2 aromatic rings. The fourth-order valence-electron chi connectivity index (χ4n) is 1.80. The molecule has 2 rings (SSSR count). The Kier molecular flexibility index (Phi) is 4.39. The summed E-state index contributed by atoms with van der Waals surface area (Å²) in [5, 5.41) is 2.87. The minimum Gasteiger partial charge on any atom is -0.0868 e. The van der Waals surface area contributed by atoms with Crippen molar-refractivity contribution >= 4 is 25.4 Å². The van der Waals surface area contributed by atoms with Gasteiger partial charge in [-0.2, -0.15) is 0 Å². The molecule has 0 unspecified atom stereocenters. The minimum atomic E-state index is -0.315. The third kappa shape index (κ3) is 3.44. The van der Waals surface area contributed by atoms with Gasteiger partial charge >= 0.3 is 0 Å². The van der Waals surface area contributed by atoms with Crippen molar-refractivity contribution in [2.24, 2.45) is 0 Å². The Morgan fingerprint density at radius 3 is 1.53 bits per heavy atom. The summed E-state index contributed by atoms with van der Waals surface area (Å²) in [6, 6.07) is 21.6. The van der Waals surface area contributed by atoms with Crippen LogP contribution in [0.3, 0.4) is 0 Å². The first-order valence-corrected chi connectivity index (χ1v) is 7.43. The Balaban J connectivity index is 2.32. The molecule has 0 aliphatic carbocycles. The standard InChI is InChI=1S/C15H17BP/c1-13(2)16-17(14-9-5-3-6-10-14)15-11-7-4-8-12-15/h3-13H,1-2H3. The van der Waals surface area contributed by atoms with E-state index in [-0.39, 0.29) is 7.80 Å². The van der Waals surface area contributed by atoms with Crippen LogP contribution in [0.4, 0.5) is 0 Å². The predicted molar refractivity (Wildman–Crippen MR) is 79.9 cm³/mol. The van der Waals surface area contributed by atoms with Gasteiger partial charge in [0.05, 0.1) is 0 Å². The van der Waals surface area contributed by atoms with Gasteiger partial charge < -0.3 is 0 Å². The number of rotatable bonds is 4. The highest BCUT2D eigenvalue weighted by molar-refractivity contribution is 7.97. The molecule has 0 N–H and O–H groups in total. The van der Waals surface area contributed by atoms with Crippen LogP contribution in [0.15, 0.2) is 60.7 Å². The van der Waals surface area contributed by atoms with E-state index in [1.807, 2.05) is 0 Å². The zero-order valence-electron chi connectivity index (χ0n) is 10.4. The van der Waals surface area contributed by atoms with Gasteiger partial charge in [-0.1, -0.05) is 88.1 Å². The number of benzene rings is 2. The van der Waals surface area contributed by atoms with Crippen molar-refractivity contribution in [1.82, 2.24) is 0 Å². The monoisotopic (exact) mass is 239 g/mol. The normalized spacial score (nSPS) is 10.8. The molecule has 0 aromatic heterocycles. The van der Waals surface area contributed by atoms with Gasteiger partial charge in [0, 0.05) is 0 Å². The van der Waals surface area contributed by atoms with Gasteiger partial charge in [-0.25, -0.2) is 0 Å². The molecule has 0 saturated heterocycles. The van der Waals surface area contributed by atoms with E-state index >= 15 is 0 Å². The van der Waals surface area contributed by atoms with Gasteiger partial charge in [0.1, 0.15) is 0 Å². The molecule has 0 heterocycles. The maximum atomic E-state index is 2.47. The van der Waals surface area contributed by atoms with Gasteiger partial charge in [0.2, 0.25) is 0 Å². The first-order valence-electron chi connectivity index (χ1n) is 6.01. The fraction of sp³-hybridized carbons (Fsp3) is 0.200. The summed E-state index contributed by atoms with van der Waals surface area (Å²) < 4.78 is 0. The molecule has 0 aliphatic rings. The van der Waals surface area contributed by atoms with Crippen LogP contribution in [-0.2, 0) is 0 Å². The minimum absolute atomic E-state index is 0.315. The number of hydrogen-bond acceptors (Lipinski definition) is 0. The second-order valence-electron chi connectivity index (χ2n) is 4.43. The zero-order valence-corrected chi connectivity index (χ0v) is 11.3. The van der Waals surface area contributed by atoms with Crippen LogP contribution in [0.25, 0.3) is 0 Å². The van der Waals surface area contributed by atoms with Crippen LogP contribution in [0.2, 0.25) is 5.82 Å². The molecule has 1 radical (unpaired) electrons. The highest BCUT2D eigenvalue weighted by Crippen LogP contribution is 2.34. The molecule has 0 spiro atoms. The van der Waals surface area contributed by atoms with Gasteiger partial charge in [-0.3, -0.25) is 0 Å². The van der Waals surface area contributed by atoms with Crippen molar-refractivity contribution < 1.29 is 0 Å². The Morgan fingerprint density at radius 1 is 0.765 bits per heavy atom. The first kappa shape index (κ1) is 12.4.